The van der Waals surface area contributed by atoms with E-state index in [0.29, 0.717) is 10.7 Å². The third-order valence-corrected chi connectivity index (χ3v) is 4.09. The first-order chi connectivity index (χ1) is 11.3. The van der Waals surface area contributed by atoms with Gasteiger partial charge in [-0.25, -0.2) is 5.21 Å². The zero-order valence-corrected chi connectivity index (χ0v) is 14.8. The SMILES string of the molecule is O=C(NC(=S)Nc1ccc([N+](=O)O)cc1Cl)c1ccc(Cl)c(Cl)c1. The number of hydrogen-bond acceptors (Lipinski definition) is 3. The lowest BCUT2D eigenvalue weighted by Gasteiger charge is -2.11. The van der Waals surface area contributed by atoms with Crippen LogP contribution in [0.3, 0.4) is 0 Å². The molecule has 0 bridgehead atoms. The Kier molecular flexibility index (Phi) is 5.95. The van der Waals surface area contributed by atoms with Crippen LogP contribution in [0.2, 0.25) is 15.1 Å². The molecule has 0 unspecified atom stereocenters. The van der Waals surface area contributed by atoms with Gasteiger partial charge in [0.1, 0.15) is 0 Å². The summed E-state index contributed by atoms with van der Waals surface area (Å²) in [5, 5.41) is 14.7. The molecule has 0 atom stereocenters. The molecule has 0 aliphatic rings. The van der Waals surface area contributed by atoms with Crippen LogP contribution in [0.5, 0.6) is 0 Å². The average Bonchev–Trinajstić information content (AvgIpc) is 2.51. The van der Waals surface area contributed by atoms with Gasteiger partial charge in [-0.3, -0.25) is 10.1 Å². The summed E-state index contributed by atoms with van der Waals surface area (Å²) in [6, 6.07) is 8.39. The number of anilines is 1. The van der Waals surface area contributed by atoms with Crippen molar-refractivity contribution in [2.45, 2.75) is 0 Å². The highest BCUT2D eigenvalue weighted by Gasteiger charge is 2.15. The minimum absolute atomic E-state index is 0.0105. The van der Waals surface area contributed by atoms with Crippen LogP contribution in [-0.4, -0.2) is 21.2 Å². The number of benzene rings is 2. The lowest BCUT2D eigenvalue weighted by Crippen LogP contribution is -2.34. The van der Waals surface area contributed by atoms with Crippen molar-refractivity contribution < 1.29 is 14.9 Å². The second-order valence-electron chi connectivity index (χ2n) is 4.47. The summed E-state index contributed by atoms with van der Waals surface area (Å²) in [6.07, 6.45) is 0. The minimum Gasteiger partial charge on any atom is -0.331 e. The van der Waals surface area contributed by atoms with Crippen molar-refractivity contribution in [1.82, 2.24) is 5.32 Å². The summed E-state index contributed by atoms with van der Waals surface area (Å²) in [5.74, 6) is -0.486. The Morgan fingerprint density at radius 3 is 2.33 bits per heavy atom. The first kappa shape index (κ1) is 18.4. The maximum absolute atomic E-state index is 12.1. The maximum Gasteiger partial charge on any atom is 0.318 e. The molecular formula is C14H9Cl3N3O3S+. The Morgan fingerprint density at radius 1 is 1.04 bits per heavy atom. The van der Waals surface area contributed by atoms with Crippen molar-refractivity contribution in [3.63, 3.8) is 0 Å². The molecule has 3 N–H and O–H groups in total. The van der Waals surface area contributed by atoms with Gasteiger partial charge >= 0.3 is 5.69 Å². The van der Waals surface area contributed by atoms with Gasteiger partial charge in [-0.1, -0.05) is 34.8 Å². The van der Waals surface area contributed by atoms with Gasteiger partial charge in [-0.05, 0) is 36.5 Å². The van der Waals surface area contributed by atoms with E-state index in [-0.39, 0.29) is 31.3 Å². The van der Waals surface area contributed by atoms with E-state index in [2.05, 4.69) is 10.6 Å². The molecule has 1 amide bonds. The molecule has 2 aromatic rings. The molecule has 0 saturated heterocycles. The molecule has 0 fully saturated rings. The highest BCUT2D eigenvalue weighted by atomic mass is 35.5. The number of carbonyl (C=O) groups excluding carboxylic acids is 1. The van der Waals surface area contributed by atoms with Crippen LogP contribution in [0.1, 0.15) is 10.4 Å². The quantitative estimate of drug-likeness (QED) is 0.514. The zero-order valence-electron chi connectivity index (χ0n) is 11.7. The standard InChI is InChI=1S/C14H8Cl3N3O3S/c15-9-3-1-7(5-10(9)16)13(21)19-14(24)18-12-4-2-8(20(22)23)6-11(12)17/h1-6H,(H2-,18,19,21,22,23,24)/p+1. The van der Waals surface area contributed by atoms with E-state index in [1.54, 1.807) is 0 Å². The molecule has 0 saturated carbocycles. The van der Waals surface area contributed by atoms with Gasteiger partial charge in [0.2, 0.25) is 0 Å². The molecule has 6 nitrogen and oxygen atoms in total. The van der Waals surface area contributed by atoms with Gasteiger partial charge in [0.25, 0.3) is 10.8 Å². The average molecular weight is 406 g/mol. The number of halogens is 3. The molecule has 0 spiro atoms. The number of thiocarbonyl (C=S) groups is 1. The third-order valence-electron chi connectivity index (χ3n) is 2.83. The molecule has 0 aliphatic carbocycles. The van der Waals surface area contributed by atoms with Gasteiger partial charge in [0, 0.05) is 17.7 Å². The Labute approximate surface area is 156 Å². The van der Waals surface area contributed by atoms with E-state index < -0.39 is 5.91 Å². The van der Waals surface area contributed by atoms with E-state index in [9.17, 15) is 9.70 Å². The Bertz CT molecular complexity index is 845. The topological polar surface area (TPSA) is 81.4 Å². The Balaban J connectivity index is 2.06. The van der Waals surface area contributed by atoms with E-state index in [0.717, 1.165) is 0 Å². The number of carbonyl (C=O) groups is 1. The summed E-state index contributed by atoms with van der Waals surface area (Å²) in [4.78, 5) is 22.5. The highest BCUT2D eigenvalue weighted by Crippen LogP contribution is 2.26. The zero-order chi connectivity index (χ0) is 17.9. The summed E-state index contributed by atoms with van der Waals surface area (Å²) in [6.45, 7) is 0. The molecule has 124 valence electrons. The number of nitrogens with one attached hydrogen (secondary N) is 2. The fraction of sp³-hybridized carbons (Fsp3) is 0. The van der Waals surface area contributed by atoms with Gasteiger partial charge < -0.3 is 5.32 Å². The van der Waals surface area contributed by atoms with Crippen molar-refractivity contribution in [3.05, 3.63) is 61.9 Å². The summed E-state index contributed by atoms with van der Waals surface area (Å²) < 4.78 is 0. The lowest BCUT2D eigenvalue weighted by molar-refractivity contribution is -0.729. The summed E-state index contributed by atoms with van der Waals surface area (Å²) in [7, 11) is 0. The van der Waals surface area contributed by atoms with Crippen molar-refractivity contribution in [1.29, 1.82) is 0 Å². The fourth-order valence-corrected chi connectivity index (χ4v) is 2.41. The van der Waals surface area contributed by atoms with Gasteiger partial charge in [-0.15, -0.1) is 0 Å². The van der Waals surface area contributed by atoms with Gasteiger partial charge in [0.05, 0.1) is 25.7 Å². The molecule has 2 rings (SSSR count). The van der Waals surface area contributed by atoms with Crippen molar-refractivity contribution in [3.8, 4) is 0 Å². The van der Waals surface area contributed by atoms with E-state index >= 15 is 0 Å². The van der Waals surface area contributed by atoms with Crippen molar-refractivity contribution in [2.24, 2.45) is 0 Å². The molecule has 0 heterocycles. The Hall–Kier alpha value is -1.93. The summed E-state index contributed by atoms with van der Waals surface area (Å²) in [5.41, 5.74) is 0.579. The highest BCUT2D eigenvalue weighted by molar-refractivity contribution is 7.80. The minimum atomic E-state index is -0.486. The fourth-order valence-electron chi connectivity index (χ4n) is 1.69. The van der Waals surface area contributed by atoms with Crippen LogP contribution in [0.15, 0.2) is 36.4 Å². The van der Waals surface area contributed by atoms with Crippen LogP contribution >= 0.6 is 47.0 Å². The first-order valence-corrected chi connectivity index (χ1v) is 7.85. The molecular weight excluding hydrogens is 397 g/mol. The normalized spacial score (nSPS) is 10.1. The van der Waals surface area contributed by atoms with Crippen LogP contribution < -0.4 is 10.6 Å². The number of nitrogens with zero attached hydrogens (tertiary/aromatic N) is 1. The van der Waals surface area contributed by atoms with E-state index in [1.165, 1.54) is 36.4 Å². The van der Waals surface area contributed by atoms with E-state index in [4.69, 9.17) is 52.2 Å². The van der Waals surface area contributed by atoms with Crippen LogP contribution in [0.25, 0.3) is 0 Å². The monoisotopic (exact) mass is 404 g/mol. The largest absolute Gasteiger partial charge is 0.331 e. The number of amides is 1. The van der Waals surface area contributed by atoms with Crippen molar-refractivity contribution >= 4 is 69.4 Å². The predicted octanol–water partition coefficient (Wildman–Crippen LogP) is 4.57. The van der Waals surface area contributed by atoms with Crippen LogP contribution in [0, 0.1) is 4.91 Å². The molecule has 0 aliphatic heterocycles. The third kappa shape index (κ3) is 4.55. The smallest absolute Gasteiger partial charge is 0.318 e. The molecule has 10 heteroatoms. The second kappa shape index (κ2) is 7.76. The van der Waals surface area contributed by atoms with Gasteiger partial charge in [0.15, 0.2) is 5.11 Å². The number of rotatable bonds is 3. The molecule has 24 heavy (non-hydrogen) atoms. The van der Waals surface area contributed by atoms with Crippen LogP contribution in [-0.2, 0) is 0 Å². The van der Waals surface area contributed by atoms with Crippen molar-refractivity contribution in [2.75, 3.05) is 5.32 Å². The maximum atomic E-state index is 12.1. The van der Waals surface area contributed by atoms with Crippen LogP contribution in [0.4, 0.5) is 11.4 Å². The Morgan fingerprint density at radius 2 is 1.75 bits per heavy atom. The second-order valence-corrected chi connectivity index (χ2v) is 6.10. The number of hydrogen-bond donors (Lipinski definition) is 3. The van der Waals surface area contributed by atoms with E-state index in [1.807, 2.05) is 0 Å². The first-order valence-electron chi connectivity index (χ1n) is 6.31. The summed E-state index contributed by atoms with van der Waals surface area (Å²) >= 11 is 22.6. The predicted molar refractivity (Wildman–Crippen MR) is 96.7 cm³/mol. The molecule has 0 radical (unpaired) electrons. The molecule has 2 aromatic carbocycles. The van der Waals surface area contributed by atoms with Gasteiger partial charge in [-0.2, -0.15) is 0 Å². The lowest BCUT2D eigenvalue weighted by atomic mass is 10.2. The molecule has 0 aromatic heterocycles.